The molecule has 2 amide bonds. The number of rotatable bonds is 9. The Kier molecular flexibility index (Phi) is 8.53. The second kappa shape index (κ2) is 11.3. The zero-order valence-corrected chi connectivity index (χ0v) is 19.7. The molecule has 3 rings (SSSR count). The molecule has 172 valence electrons. The van der Waals surface area contributed by atoms with Gasteiger partial charge in [0, 0.05) is 17.1 Å². The number of nitrogens with one attached hydrogen (secondary N) is 2. The van der Waals surface area contributed by atoms with Crippen LogP contribution in [-0.4, -0.2) is 49.5 Å². The van der Waals surface area contributed by atoms with E-state index in [4.69, 9.17) is 16.3 Å². The molecule has 1 aliphatic heterocycles. The summed E-state index contributed by atoms with van der Waals surface area (Å²) >= 11 is 6.22. The largest absolute Gasteiger partial charge is 0.497 e. The third-order valence-electron chi connectivity index (χ3n) is 5.87. The fourth-order valence-corrected chi connectivity index (χ4v) is 4.23. The molecule has 2 atom stereocenters. The number of carbonyl (C=O) groups is 2. The van der Waals surface area contributed by atoms with Crippen LogP contribution < -0.4 is 15.4 Å². The molecule has 0 aromatic heterocycles. The predicted molar refractivity (Wildman–Crippen MR) is 127 cm³/mol. The Labute approximate surface area is 195 Å². The van der Waals surface area contributed by atoms with E-state index >= 15 is 0 Å². The van der Waals surface area contributed by atoms with Crippen LogP contribution in [0.15, 0.2) is 48.5 Å². The molecule has 1 heterocycles. The molecule has 0 saturated carbocycles. The van der Waals surface area contributed by atoms with Crippen LogP contribution in [-0.2, 0) is 4.79 Å². The van der Waals surface area contributed by atoms with E-state index in [2.05, 4.69) is 15.5 Å². The number of nitrogens with zero attached hydrogens (tertiary/aromatic N) is 1. The number of benzene rings is 2. The van der Waals surface area contributed by atoms with Gasteiger partial charge in [0.2, 0.25) is 5.91 Å². The molecular formula is C25H32ClN3O3. The van der Waals surface area contributed by atoms with Gasteiger partial charge in [0.15, 0.2) is 0 Å². The standard InChI is InChI=1S/C25H32ClN3O3/c1-17(2)23(28-24(30)18-9-11-21(32-3)12-10-18)25(31)27-16-22(29-13-4-5-14-29)19-7-6-8-20(26)15-19/h6-12,15,17,22-23H,4-5,13-14,16H2,1-3H3,(H,27,31)(H,28,30). The molecule has 0 spiro atoms. The van der Waals surface area contributed by atoms with Crippen molar-refractivity contribution in [3.05, 3.63) is 64.7 Å². The maximum absolute atomic E-state index is 13.1. The maximum atomic E-state index is 13.1. The normalized spacial score (nSPS) is 15.9. The minimum absolute atomic E-state index is 0.0465. The fourth-order valence-electron chi connectivity index (χ4n) is 4.03. The highest BCUT2D eigenvalue weighted by Crippen LogP contribution is 2.26. The highest BCUT2D eigenvalue weighted by atomic mass is 35.5. The molecular weight excluding hydrogens is 426 g/mol. The van der Waals surface area contributed by atoms with E-state index in [0.717, 1.165) is 31.5 Å². The minimum Gasteiger partial charge on any atom is -0.497 e. The number of amides is 2. The Hall–Kier alpha value is -2.57. The summed E-state index contributed by atoms with van der Waals surface area (Å²) in [6.07, 6.45) is 2.30. The summed E-state index contributed by atoms with van der Waals surface area (Å²) in [7, 11) is 1.58. The first-order chi connectivity index (χ1) is 15.4. The van der Waals surface area contributed by atoms with Crippen LogP contribution in [0.5, 0.6) is 5.75 Å². The van der Waals surface area contributed by atoms with Crippen molar-refractivity contribution in [2.24, 2.45) is 5.92 Å². The Morgan fingerprint density at radius 3 is 2.38 bits per heavy atom. The van der Waals surface area contributed by atoms with E-state index in [1.807, 2.05) is 38.1 Å². The lowest BCUT2D eigenvalue weighted by Gasteiger charge is -2.30. The van der Waals surface area contributed by atoms with E-state index in [1.54, 1.807) is 31.4 Å². The van der Waals surface area contributed by atoms with Gasteiger partial charge in [0.05, 0.1) is 13.2 Å². The SMILES string of the molecule is COc1ccc(C(=O)NC(C(=O)NCC(c2cccc(Cl)c2)N2CCCC2)C(C)C)cc1. The quantitative estimate of drug-likeness (QED) is 0.595. The highest BCUT2D eigenvalue weighted by molar-refractivity contribution is 6.30. The molecule has 6 nitrogen and oxygen atoms in total. The summed E-state index contributed by atoms with van der Waals surface area (Å²) in [5.74, 6) is 0.141. The summed E-state index contributed by atoms with van der Waals surface area (Å²) in [6, 6.07) is 14.0. The zero-order chi connectivity index (χ0) is 23.1. The Balaban J connectivity index is 1.67. The van der Waals surface area contributed by atoms with Gasteiger partial charge >= 0.3 is 0 Å². The molecule has 1 fully saturated rings. The first kappa shape index (κ1) is 24.1. The molecule has 32 heavy (non-hydrogen) atoms. The molecule has 2 unspecified atom stereocenters. The maximum Gasteiger partial charge on any atom is 0.251 e. The Morgan fingerprint density at radius 2 is 1.78 bits per heavy atom. The average Bonchev–Trinajstić information content (AvgIpc) is 3.32. The number of hydrogen-bond donors (Lipinski definition) is 2. The Bertz CT molecular complexity index is 911. The van der Waals surface area contributed by atoms with E-state index in [9.17, 15) is 9.59 Å². The van der Waals surface area contributed by atoms with Crippen molar-refractivity contribution in [1.82, 2.24) is 15.5 Å². The number of ether oxygens (including phenoxy) is 1. The second-order valence-corrected chi connectivity index (χ2v) is 8.92. The summed E-state index contributed by atoms with van der Waals surface area (Å²) in [6.45, 7) is 6.30. The number of halogens is 1. The number of carbonyl (C=O) groups excluding carboxylic acids is 2. The molecule has 0 aliphatic carbocycles. The first-order valence-electron chi connectivity index (χ1n) is 11.1. The van der Waals surface area contributed by atoms with Gasteiger partial charge in [0.1, 0.15) is 11.8 Å². The van der Waals surface area contributed by atoms with Crippen molar-refractivity contribution in [2.45, 2.75) is 38.8 Å². The summed E-state index contributed by atoms with van der Waals surface area (Å²) < 4.78 is 5.14. The van der Waals surface area contributed by atoms with Crippen molar-refractivity contribution in [3.63, 3.8) is 0 Å². The third-order valence-corrected chi connectivity index (χ3v) is 6.11. The molecule has 0 bridgehead atoms. The highest BCUT2D eigenvalue weighted by Gasteiger charge is 2.28. The summed E-state index contributed by atoms with van der Waals surface area (Å²) in [5.41, 5.74) is 1.57. The van der Waals surface area contributed by atoms with Gasteiger partial charge in [-0.05, 0) is 73.8 Å². The van der Waals surface area contributed by atoms with Gasteiger partial charge in [-0.25, -0.2) is 0 Å². The molecule has 0 radical (unpaired) electrons. The molecule has 2 aromatic rings. The van der Waals surface area contributed by atoms with Gasteiger partial charge < -0.3 is 15.4 Å². The van der Waals surface area contributed by atoms with Gasteiger partial charge in [-0.15, -0.1) is 0 Å². The topological polar surface area (TPSA) is 70.7 Å². The van der Waals surface area contributed by atoms with Crippen molar-refractivity contribution in [2.75, 3.05) is 26.7 Å². The van der Waals surface area contributed by atoms with E-state index < -0.39 is 6.04 Å². The average molecular weight is 458 g/mol. The molecule has 1 saturated heterocycles. The van der Waals surface area contributed by atoms with Crippen LogP contribution in [0.4, 0.5) is 0 Å². The first-order valence-corrected chi connectivity index (χ1v) is 11.5. The second-order valence-electron chi connectivity index (χ2n) is 8.48. The summed E-state index contributed by atoms with van der Waals surface area (Å²) in [5, 5.41) is 6.65. The van der Waals surface area contributed by atoms with Gasteiger partial charge in [0.25, 0.3) is 5.91 Å². The van der Waals surface area contributed by atoms with E-state index in [1.165, 1.54) is 0 Å². The van der Waals surface area contributed by atoms with Crippen LogP contribution in [0.25, 0.3) is 0 Å². The lowest BCUT2D eigenvalue weighted by atomic mass is 10.0. The van der Waals surface area contributed by atoms with Crippen LogP contribution in [0.3, 0.4) is 0 Å². The predicted octanol–water partition coefficient (Wildman–Crippen LogP) is 4.06. The zero-order valence-electron chi connectivity index (χ0n) is 18.9. The fraction of sp³-hybridized carbons (Fsp3) is 0.440. The van der Waals surface area contributed by atoms with E-state index in [-0.39, 0.29) is 23.8 Å². The number of likely N-dealkylation sites (tertiary alicyclic amines) is 1. The minimum atomic E-state index is -0.636. The third kappa shape index (κ3) is 6.24. The van der Waals surface area contributed by atoms with Crippen molar-refractivity contribution < 1.29 is 14.3 Å². The number of methoxy groups -OCH3 is 1. The smallest absolute Gasteiger partial charge is 0.251 e. The van der Waals surface area contributed by atoms with Crippen LogP contribution >= 0.6 is 11.6 Å². The summed E-state index contributed by atoms with van der Waals surface area (Å²) in [4.78, 5) is 28.2. The van der Waals surface area contributed by atoms with Crippen molar-refractivity contribution in [3.8, 4) is 5.75 Å². The van der Waals surface area contributed by atoms with Gasteiger partial charge in [-0.2, -0.15) is 0 Å². The molecule has 1 aliphatic rings. The van der Waals surface area contributed by atoms with Gasteiger partial charge in [-0.3, -0.25) is 14.5 Å². The van der Waals surface area contributed by atoms with Crippen molar-refractivity contribution >= 4 is 23.4 Å². The monoisotopic (exact) mass is 457 g/mol. The van der Waals surface area contributed by atoms with E-state index in [0.29, 0.717) is 22.9 Å². The molecule has 2 aromatic carbocycles. The molecule has 7 heteroatoms. The van der Waals surface area contributed by atoms with Crippen LogP contribution in [0.1, 0.15) is 48.7 Å². The molecule has 2 N–H and O–H groups in total. The number of hydrogen-bond acceptors (Lipinski definition) is 4. The lowest BCUT2D eigenvalue weighted by molar-refractivity contribution is -0.124. The lowest BCUT2D eigenvalue weighted by Crippen LogP contribution is -2.51. The Morgan fingerprint density at radius 1 is 1.09 bits per heavy atom. The van der Waals surface area contributed by atoms with Gasteiger partial charge in [-0.1, -0.05) is 37.6 Å². The van der Waals surface area contributed by atoms with Crippen molar-refractivity contribution in [1.29, 1.82) is 0 Å². The van der Waals surface area contributed by atoms with Crippen LogP contribution in [0.2, 0.25) is 5.02 Å². The van der Waals surface area contributed by atoms with Crippen LogP contribution in [0, 0.1) is 5.92 Å².